The SMILES string of the molecule is OC[C@@H]1CN(Cc2ccc3c(c2)OCO3)C[C@H](n2cnc3c(NCc4ccncc4)ncnc32)O1. The molecule has 1 aromatic carbocycles. The van der Waals surface area contributed by atoms with Gasteiger partial charge in [-0.25, -0.2) is 15.0 Å². The molecule has 4 aromatic rings. The van der Waals surface area contributed by atoms with E-state index >= 15 is 0 Å². The fraction of sp³-hybridized carbons (Fsp3) is 0.333. The number of hydrogen-bond acceptors (Lipinski definition) is 10. The van der Waals surface area contributed by atoms with Gasteiger partial charge in [-0.15, -0.1) is 0 Å². The average Bonchev–Trinajstić information content (AvgIpc) is 3.55. The number of morpholine rings is 1. The topological polar surface area (TPSA) is 120 Å². The molecule has 0 amide bonds. The number of aliphatic hydroxyl groups excluding tert-OH is 1. The van der Waals surface area contributed by atoms with Crippen molar-refractivity contribution in [1.82, 2.24) is 29.4 Å². The molecule has 2 N–H and O–H groups in total. The number of nitrogens with zero attached hydrogens (tertiary/aromatic N) is 6. The minimum absolute atomic E-state index is 0.0749. The highest BCUT2D eigenvalue weighted by atomic mass is 16.7. The summed E-state index contributed by atoms with van der Waals surface area (Å²) in [5.41, 5.74) is 3.53. The van der Waals surface area contributed by atoms with Gasteiger partial charge < -0.3 is 24.6 Å². The second kappa shape index (κ2) is 9.45. The zero-order chi connectivity index (χ0) is 23.6. The van der Waals surface area contributed by atoms with Crippen molar-refractivity contribution >= 4 is 17.0 Å². The minimum Gasteiger partial charge on any atom is -0.454 e. The predicted molar refractivity (Wildman–Crippen MR) is 126 cm³/mol. The van der Waals surface area contributed by atoms with Gasteiger partial charge in [0.2, 0.25) is 6.79 Å². The Morgan fingerprint density at radius 3 is 2.77 bits per heavy atom. The number of benzene rings is 1. The number of rotatable bonds is 7. The van der Waals surface area contributed by atoms with E-state index in [-0.39, 0.29) is 25.7 Å². The molecule has 1 fully saturated rings. The van der Waals surface area contributed by atoms with Crippen LogP contribution in [-0.4, -0.2) is 67.1 Å². The van der Waals surface area contributed by atoms with E-state index in [1.54, 1.807) is 18.7 Å². The molecule has 0 spiro atoms. The first-order valence-corrected chi connectivity index (χ1v) is 11.4. The average molecular weight is 476 g/mol. The molecule has 1 saturated heterocycles. The van der Waals surface area contributed by atoms with E-state index in [4.69, 9.17) is 14.2 Å². The second-order valence-corrected chi connectivity index (χ2v) is 8.53. The van der Waals surface area contributed by atoms with Crippen molar-refractivity contribution in [2.75, 3.05) is 31.8 Å². The van der Waals surface area contributed by atoms with Crippen molar-refractivity contribution in [2.45, 2.75) is 25.4 Å². The fourth-order valence-corrected chi connectivity index (χ4v) is 4.45. The summed E-state index contributed by atoms with van der Waals surface area (Å²) in [5.74, 6) is 2.17. The lowest BCUT2D eigenvalue weighted by molar-refractivity contribution is -0.135. The molecule has 2 atom stereocenters. The van der Waals surface area contributed by atoms with Crippen LogP contribution in [0.5, 0.6) is 11.5 Å². The molecule has 2 aliphatic rings. The quantitative estimate of drug-likeness (QED) is 0.410. The largest absolute Gasteiger partial charge is 0.454 e. The third-order valence-corrected chi connectivity index (χ3v) is 6.15. The summed E-state index contributed by atoms with van der Waals surface area (Å²) in [6.45, 7) is 2.68. The third kappa shape index (κ3) is 4.48. The molecular weight excluding hydrogens is 450 g/mol. The van der Waals surface area contributed by atoms with Crippen molar-refractivity contribution in [3.8, 4) is 11.5 Å². The van der Waals surface area contributed by atoms with Gasteiger partial charge in [0, 0.05) is 38.6 Å². The van der Waals surface area contributed by atoms with Crippen LogP contribution < -0.4 is 14.8 Å². The number of pyridine rings is 1. The minimum atomic E-state index is -0.358. The summed E-state index contributed by atoms with van der Waals surface area (Å²) in [6.07, 6.45) is 6.07. The summed E-state index contributed by atoms with van der Waals surface area (Å²) in [6, 6.07) is 9.86. The van der Waals surface area contributed by atoms with E-state index < -0.39 is 0 Å². The Kier molecular flexibility index (Phi) is 5.86. The third-order valence-electron chi connectivity index (χ3n) is 6.15. The van der Waals surface area contributed by atoms with Gasteiger partial charge in [-0.3, -0.25) is 14.5 Å². The van der Waals surface area contributed by atoms with Gasteiger partial charge in [-0.1, -0.05) is 6.07 Å². The van der Waals surface area contributed by atoms with E-state index in [0.29, 0.717) is 43.2 Å². The van der Waals surface area contributed by atoms with Gasteiger partial charge in [-0.2, -0.15) is 0 Å². The molecule has 11 heteroatoms. The van der Waals surface area contributed by atoms with Crippen molar-refractivity contribution in [3.05, 3.63) is 66.5 Å². The first kappa shape index (κ1) is 21.7. The lowest BCUT2D eigenvalue weighted by Crippen LogP contribution is -2.46. The molecule has 11 nitrogen and oxygen atoms in total. The normalized spacial score (nSPS) is 19.8. The van der Waals surface area contributed by atoms with E-state index in [1.165, 1.54) is 6.33 Å². The number of nitrogens with one attached hydrogen (secondary N) is 1. The molecule has 5 heterocycles. The Morgan fingerprint density at radius 1 is 1.00 bits per heavy atom. The number of imidazole rings is 1. The van der Waals surface area contributed by atoms with Crippen molar-refractivity contribution in [1.29, 1.82) is 0 Å². The van der Waals surface area contributed by atoms with Crippen LogP contribution in [0.25, 0.3) is 11.2 Å². The van der Waals surface area contributed by atoms with Crippen LogP contribution in [0.3, 0.4) is 0 Å². The highest BCUT2D eigenvalue weighted by Gasteiger charge is 2.30. The van der Waals surface area contributed by atoms with E-state index in [1.807, 2.05) is 34.9 Å². The number of hydrogen-bond donors (Lipinski definition) is 2. The van der Waals surface area contributed by atoms with Crippen LogP contribution in [0.15, 0.2) is 55.4 Å². The van der Waals surface area contributed by atoms with Crippen molar-refractivity contribution in [3.63, 3.8) is 0 Å². The molecular formula is C24H25N7O4. The van der Waals surface area contributed by atoms with E-state index in [0.717, 1.165) is 22.6 Å². The number of aromatic nitrogens is 5. The summed E-state index contributed by atoms with van der Waals surface area (Å²) in [5, 5.41) is 13.2. The highest BCUT2D eigenvalue weighted by Crippen LogP contribution is 2.33. The smallest absolute Gasteiger partial charge is 0.231 e. The van der Waals surface area contributed by atoms with Gasteiger partial charge >= 0.3 is 0 Å². The maximum atomic E-state index is 9.90. The molecule has 2 aliphatic heterocycles. The lowest BCUT2D eigenvalue weighted by Gasteiger charge is -2.37. The summed E-state index contributed by atoms with van der Waals surface area (Å²) in [7, 11) is 0. The lowest BCUT2D eigenvalue weighted by atomic mass is 10.1. The van der Waals surface area contributed by atoms with Gasteiger partial charge in [-0.05, 0) is 35.4 Å². The second-order valence-electron chi connectivity index (χ2n) is 8.53. The molecule has 180 valence electrons. The number of ether oxygens (including phenoxy) is 3. The predicted octanol–water partition coefficient (Wildman–Crippen LogP) is 1.95. The zero-order valence-electron chi connectivity index (χ0n) is 18.9. The van der Waals surface area contributed by atoms with E-state index in [2.05, 4.69) is 30.2 Å². The Morgan fingerprint density at radius 2 is 1.89 bits per heavy atom. The van der Waals surface area contributed by atoms with Crippen LogP contribution in [0, 0.1) is 0 Å². The number of aliphatic hydroxyl groups is 1. The summed E-state index contributed by atoms with van der Waals surface area (Å²) < 4.78 is 19.0. The van der Waals surface area contributed by atoms with Crippen LogP contribution >= 0.6 is 0 Å². The Labute approximate surface area is 201 Å². The molecule has 0 unspecified atom stereocenters. The number of fused-ring (bicyclic) bond motifs is 2. The Bertz CT molecular complexity index is 1320. The molecule has 0 saturated carbocycles. The molecule has 3 aromatic heterocycles. The molecule has 0 aliphatic carbocycles. The fourth-order valence-electron chi connectivity index (χ4n) is 4.45. The highest BCUT2D eigenvalue weighted by molar-refractivity contribution is 5.82. The zero-order valence-corrected chi connectivity index (χ0v) is 18.9. The molecule has 6 rings (SSSR count). The first-order valence-electron chi connectivity index (χ1n) is 11.4. The van der Waals surface area contributed by atoms with E-state index in [9.17, 15) is 5.11 Å². The first-order chi connectivity index (χ1) is 17.3. The Balaban J connectivity index is 1.22. The summed E-state index contributed by atoms with van der Waals surface area (Å²) in [4.78, 5) is 19.7. The number of anilines is 1. The van der Waals surface area contributed by atoms with Crippen molar-refractivity contribution in [2.24, 2.45) is 0 Å². The standard InChI is InChI=1S/C24H25N7O4/c32-12-18-10-30(9-17-1-2-19-20(7-17)34-15-33-19)11-21(35-18)31-14-29-22-23(27-13-28-24(22)31)26-8-16-3-5-25-6-4-16/h1-7,13-14,18,21,32H,8-12,15H2,(H,26,27,28)/t18-,21+/m0/s1. The van der Waals surface area contributed by atoms with Gasteiger partial charge in [0.05, 0.1) is 19.0 Å². The maximum Gasteiger partial charge on any atom is 0.231 e. The van der Waals surface area contributed by atoms with Gasteiger partial charge in [0.25, 0.3) is 0 Å². The van der Waals surface area contributed by atoms with Gasteiger partial charge in [0.15, 0.2) is 28.5 Å². The summed E-state index contributed by atoms with van der Waals surface area (Å²) >= 11 is 0. The molecule has 0 radical (unpaired) electrons. The monoisotopic (exact) mass is 475 g/mol. The molecule has 0 bridgehead atoms. The van der Waals surface area contributed by atoms with Crippen LogP contribution in [0.2, 0.25) is 0 Å². The van der Waals surface area contributed by atoms with Crippen LogP contribution in [0.1, 0.15) is 17.4 Å². The van der Waals surface area contributed by atoms with Crippen LogP contribution in [0.4, 0.5) is 5.82 Å². The van der Waals surface area contributed by atoms with Crippen molar-refractivity contribution < 1.29 is 19.3 Å². The maximum absolute atomic E-state index is 9.90. The van der Waals surface area contributed by atoms with Gasteiger partial charge in [0.1, 0.15) is 12.6 Å². The Hall–Kier alpha value is -3.80. The molecule has 35 heavy (non-hydrogen) atoms. The van der Waals surface area contributed by atoms with Crippen LogP contribution in [-0.2, 0) is 17.8 Å².